The van der Waals surface area contributed by atoms with Gasteiger partial charge in [0, 0.05) is 31.7 Å². The molecule has 1 saturated heterocycles. The Hall–Kier alpha value is -2.96. The largest absolute Gasteiger partial charge is 0.494 e. The maximum absolute atomic E-state index is 13.1. The molecule has 1 aliphatic rings. The molecule has 1 aromatic carbocycles. The number of carbonyl (C=O) groups is 2. The molecule has 2 aromatic rings. The highest BCUT2D eigenvalue weighted by atomic mass is 16.5. The van der Waals surface area contributed by atoms with Gasteiger partial charge in [-0.05, 0) is 63.1 Å². The van der Waals surface area contributed by atoms with Gasteiger partial charge in [-0.3, -0.25) is 4.79 Å². The molecule has 0 radical (unpaired) electrons. The van der Waals surface area contributed by atoms with Crippen LogP contribution in [0.25, 0.3) is 0 Å². The smallest absolute Gasteiger partial charge is 0.322 e. The lowest BCUT2D eigenvalue weighted by atomic mass is 10.0. The quantitative estimate of drug-likeness (QED) is 0.796. The van der Waals surface area contributed by atoms with Gasteiger partial charge in [0.2, 0.25) is 5.91 Å². The van der Waals surface area contributed by atoms with E-state index < -0.39 is 0 Å². The molecule has 1 aromatic heterocycles. The summed E-state index contributed by atoms with van der Waals surface area (Å²) in [4.78, 5) is 28.4. The van der Waals surface area contributed by atoms with Crippen molar-refractivity contribution >= 4 is 17.6 Å². The highest BCUT2D eigenvalue weighted by Gasteiger charge is 2.29. The molecule has 1 aliphatic heterocycles. The molecule has 1 fully saturated rings. The third-order valence-corrected chi connectivity index (χ3v) is 5.15. The maximum Gasteiger partial charge on any atom is 0.322 e. The van der Waals surface area contributed by atoms with Crippen molar-refractivity contribution in [3.05, 3.63) is 47.9 Å². The van der Waals surface area contributed by atoms with Gasteiger partial charge in [0.1, 0.15) is 17.3 Å². The highest BCUT2D eigenvalue weighted by molar-refractivity contribution is 5.89. The molecule has 3 amide bonds. The molecule has 0 saturated carbocycles. The molecular weight excluding hydrogens is 370 g/mol. The second kappa shape index (κ2) is 9.49. The zero-order valence-corrected chi connectivity index (χ0v) is 17.3. The standard InChI is InChI=1S/C22H29N3O4/c1-4-28-20-9-6-18(7-10-20)23-22(27)25(15-21-8-5-16(2)29-21)19-11-13-24(14-12-19)17(3)26/h5-10,19H,4,11-15H2,1-3H3,(H,23,27). The number of ether oxygens (including phenoxy) is 1. The van der Waals surface area contributed by atoms with E-state index in [4.69, 9.17) is 9.15 Å². The molecule has 0 unspecified atom stereocenters. The molecule has 156 valence electrons. The van der Waals surface area contributed by atoms with Gasteiger partial charge in [0.15, 0.2) is 0 Å². The predicted molar refractivity (Wildman–Crippen MR) is 111 cm³/mol. The van der Waals surface area contributed by atoms with Crippen LogP contribution in [0.5, 0.6) is 5.75 Å². The number of furan rings is 1. The lowest BCUT2D eigenvalue weighted by Crippen LogP contribution is -2.49. The van der Waals surface area contributed by atoms with Crippen LogP contribution in [-0.2, 0) is 11.3 Å². The van der Waals surface area contributed by atoms with Crippen molar-refractivity contribution in [3.8, 4) is 5.75 Å². The van der Waals surface area contributed by atoms with Gasteiger partial charge in [0.25, 0.3) is 0 Å². The number of rotatable bonds is 6. The number of piperidine rings is 1. The first kappa shape index (κ1) is 20.8. The van der Waals surface area contributed by atoms with Crippen molar-refractivity contribution in [2.75, 3.05) is 25.0 Å². The van der Waals surface area contributed by atoms with E-state index >= 15 is 0 Å². The summed E-state index contributed by atoms with van der Waals surface area (Å²) in [6.07, 6.45) is 1.49. The Morgan fingerprint density at radius 1 is 1.17 bits per heavy atom. The van der Waals surface area contributed by atoms with Crippen molar-refractivity contribution in [1.82, 2.24) is 9.80 Å². The van der Waals surface area contributed by atoms with E-state index in [1.165, 1.54) is 0 Å². The molecule has 1 N–H and O–H groups in total. The first-order valence-corrected chi connectivity index (χ1v) is 10.1. The lowest BCUT2D eigenvalue weighted by molar-refractivity contribution is -0.130. The van der Waals surface area contributed by atoms with Crippen LogP contribution in [0.2, 0.25) is 0 Å². The first-order chi connectivity index (χ1) is 14.0. The second-order valence-electron chi connectivity index (χ2n) is 7.27. The molecular formula is C22H29N3O4. The third kappa shape index (κ3) is 5.53. The van der Waals surface area contributed by atoms with Crippen LogP contribution in [0.4, 0.5) is 10.5 Å². The number of nitrogens with one attached hydrogen (secondary N) is 1. The van der Waals surface area contributed by atoms with Crippen LogP contribution in [0.15, 0.2) is 40.8 Å². The summed E-state index contributed by atoms with van der Waals surface area (Å²) >= 11 is 0. The van der Waals surface area contributed by atoms with Gasteiger partial charge in [0.05, 0.1) is 13.2 Å². The van der Waals surface area contributed by atoms with Crippen molar-refractivity contribution in [3.63, 3.8) is 0 Å². The van der Waals surface area contributed by atoms with Crippen LogP contribution in [0, 0.1) is 6.92 Å². The van der Waals surface area contributed by atoms with Crippen molar-refractivity contribution < 1.29 is 18.7 Å². The minimum absolute atomic E-state index is 0.0405. The van der Waals surface area contributed by atoms with Gasteiger partial charge in [-0.1, -0.05) is 0 Å². The molecule has 0 bridgehead atoms. The van der Waals surface area contributed by atoms with Crippen molar-refractivity contribution in [2.24, 2.45) is 0 Å². The molecule has 3 rings (SSSR count). The Kier molecular flexibility index (Phi) is 6.80. The fourth-order valence-corrected chi connectivity index (χ4v) is 3.59. The van der Waals surface area contributed by atoms with E-state index in [9.17, 15) is 9.59 Å². The summed E-state index contributed by atoms with van der Waals surface area (Å²) in [6, 6.07) is 11.0. The number of hydrogen-bond donors (Lipinski definition) is 1. The number of hydrogen-bond acceptors (Lipinski definition) is 4. The first-order valence-electron chi connectivity index (χ1n) is 10.1. The van der Waals surface area contributed by atoms with E-state index in [1.54, 1.807) is 6.92 Å². The number of carbonyl (C=O) groups excluding carboxylic acids is 2. The average Bonchev–Trinajstić information content (AvgIpc) is 3.13. The van der Waals surface area contributed by atoms with E-state index in [1.807, 2.05) is 60.0 Å². The Labute approximate surface area is 171 Å². The minimum atomic E-state index is -0.176. The molecule has 7 heteroatoms. The third-order valence-electron chi connectivity index (χ3n) is 5.15. The van der Waals surface area contributed by atoms with E-state index in [-0.39, 0.29) is 18.0 Å². The molecule has 0 aliphatic carbocycles. The fourth-order valence-electron chi connectivity index (χ4n) is 3.59. The van der Waals surface area contributed by atoms with Gasteiger partial charge in [-0.2, -0.15) is 0 Å². The number of urea groups is 1. The molecule has 29 heavy (non-hydrogen) atoms. The number of likely N-dealkylation sites (tertiary alicyclic amines) is 1. The van der Waals surface area contributed by atoms with E-state index in [0.717, 1.165) is 30.1 Å². The Morgan fingerprint density at radius 2 is 1.86 bits per heavy atom. The van der Waals surface area contributed by atoms with Crippen LogP contribution < -0.4 is 10.1 Å². The van der Waals surface area contributed by atoms with Crippen molar-refractivity contribution in [1.29, 1.82) is 0 Å². The van der Waals surface area contributed by atoms with Crippen LogP contribution in [-0.4, -0.2) is 47.5 Å². The number of benzene rings is 1. The summed E-state index contributed by atoms with van der Waals surface area (Å²) in [6.45, 7) is 7.71. The minimum Gasteiger partial charge on any atom is -0.494 e. The summed E-state index contributed by atoms with van der Waals surface area (Å²) in [5, 5.41) is 2.98. The Morgan fingerprint density at radius 3 is 2.41 bits per heavy atom. The number of nitrogens with zero attached hydrogens (tertiary/aromatic N) is 2. The average molecular weight is 399 g/mol. The SMILES string of the molecule is CCOc1ccc(NC(=O)N(Cc2ccc(C)o2)C2CCN(C(C)=O)CC2)cc1. The Balaban J connectivity index is 1.71. The summed E-state index contributed by atoms with van der Waals surface area (Å²) < 4.78 is 11.2. The molecule has 2 heterocycles. The summed E-state index contributed by atoms with van der Waals surface area (Å²) in [7, 11) is 0. The molecule has 7 nitrogen and oxygen atoms in total. The van der Waals surface area contributed by atoms with E-state index in [0.29, 0.717) is 31.9 Å². The zero-order valence-electron chi connectivity index (χ0n) is 17.3. The predicted octanol–water partition coefficient (Wildman–Crippen LogP) is 4.03. The summed E-state index contributed by atoms with van der Waals surface area (Å²) in [5.41, 5.74) is 0.709. The molecule has 0 spiro atoms. The van der Waals surface area contributed by atoms with Crippen molar-refractivity contribution in [2.45, 2.75) is 46.2 Å². The van der Waals surface area contributed by atoms with E-state index in [2.05, 4.69) is 5.32 Å². The Bertz CT molecular complexity index is 823. The number of aryl methyl sites for hydroxylation is 1. The molecule has 0 atom stereocenters. The van der Waals surface area contributed by atoms with Crippen LogP contribution in [0.1, 0.15) is 38.2 Å². The topological polar surface area (TPSA) is 75.0 Å². The number of anilines is 1. The van der Waals surface area contributed by atoms with Gasteiger partial charge in [-0.15, -0.1) is 0 Å². The van der Waals surface area contributed by atoms with Crippen LogP contribution >= 0.6 is 0 Å². The fraction of sp³-hybridized carbons (Fsp3) is 0.455. The van der Waals surface area contributed by atoms with Crippen LogP contribution in [0.3, 0.4) is 0 Å². The number of amides is 3. The maximum atomic E-state index is 13.1. The van der Waals surface area contributed by atoms with Gasteiger partial charge < -0.3 is 24.3 Å². The zero-order chi connectivity index (χ0) is 20.8. The second-order valence-corrected chi connectivity index (χ2v) is 7.27. The van der Waals surface area contributed by atoms with Gasteiger partial charge in [-0.25, -0.2) is 4.79 Å². The highest BCUT2D eigenvalue weighted by Crippen LogP contribution is 2.22. The van der Waals surface area contributed by atoms with Gasteiger partial charge >= 0.3 is 6.03 Å². The monoisotopic (exact) mass is 399 g/mol. The normalized spacial score (nSPS) is 14.5. The lowest BCUT2D eigenvalue weighted by Gasteiger charge is -2.38. The summed E-state index contributed by atoms with van der Waals surface area (Å²) in [5.74, 6) is 2.41.